The first-order valence-electron chi connectivity index (χ1n) is 7.52. The van der Waals surface area contributed by atoms with E-state index in [4.69, 9.17) is 0 Å². The number of aromatic amines is 1. The van der Waals surface area contributed by atoms with E-state index in [2.05, 4.69) is 51.5 Å². The van der Waals surface area contributed by atoms with Crippen LogP contribution in [0.5, 0.6) is 0 Å². The molecule has 2 N–H and O–H groups in total. The number of aryl methyl sites for hydroxylation is 1. The molecule has 0 amide bonds. The summed E-state index contributed by atoms with van der Waals surface area (Å²) in [7, 11) is 0. The Morgan fingerprint density at radius 2 is 1.61 bits per heavy atom. The van der Waals surface area contributed by atoms with Crippen molar-refractivity contribution >= 4 is 22.7 Å². The Hall–Kier alpha value is -3.14. The molecule has 2 aromatic heterocycles. The molecule has 112 valence electrons. The van der Waals surface area contributed by atoms with E-state index in [1.807, 2.05) is 30.3 Å². The van der Waals surface area contributed by atoms with Crippen molar-refractivity contribution in [3.63, 3.8) is 0 Å². The van der Waals surface area contributed by atoms with Crippen LogP contribution in [0.2, 0.25) is 0 Å². The van der Waals surface area contributed by atoms with E-state index in [9.17, 15) is 0 Å². The van der Waals surface area contributed by atoms with E-state index in [1.165, 1.54) is 5.56 Å². The summed E-state index contributed by atoms with van der Waals surface area (Å²) < 4.78 is 0. The molecule has 2 aromatic carbocycles. The highest BCUT2D eigenvalue weighted by Gasteiger charge is 2.03. The van der Waals surface area contributed by atoms with E-state index in [0.717, 1.165) is 33.8 Å². The second-order valence-corrected chi connectivity index (χ2v) is 5.54. The van der Waals surface area contributed by atoms with Gasteiger partial charge in [0.05, 0.1) is 11.0 Å². The summed E-state index contributed by atoms with van der Waals surface area (Å²) in [6.07, 6.45) is 3.61. The van der Waals surface area contributed by atoms with Crippen LogP contribution in [-0.2, 0) is 0 Å². The maximum Gasteiger partial charge on any atom is 0.205 e. The summed E-state index contributed by atoms with van der Waals surface area (Å²) in [6, 6.07) is 18.5. The minimum absolute atomic E-state index is 0.752. The molecule has 23 heavy (non-hydrogen) atoms. The van der Waals surface area contributed by atoms with E-state index in [1.54, 1.807) is 12.4 Å². The number of nitrogens with one attached hydrogen (secondary N) is 2. The topological polar surface area (TPSA) is 53.6 Å². The summed E-state index contributed by atoms with van der Waals surface area (Å²) >= 11 is 0. The maximum atomic E-state index is 4.55. The van der Waals surface area contributed by atoms with Gasteiger partial charge in [-0.2, -0.15) is 0 Å². The van der Waals surface area contributed by atoms with Gasteiger partial charge in [-0.1, -0.05) is 18.2 Å². The van der Waals surface area contributed by atoms with Gasteiger partial charge in [-0.05, 0) is 60.0 Å². The molecule has 0 atom stereocenters. The standard InChI is InChI=1S/C19H16N4/c1-13-2-7-17-18(12-13)23-19(22-17)21-16-5-3-14(4-6-16)15-8-10-20-11-9-15/h2-12H,1H3,(H2,21,22,23). The first-order chi connectivity index (χ1) is 11.3. The number of rotatable bonds is 3. The first-order valence-corrected chi connectivity index (χ1v) is 7.52. The van der Waals surface area contributed by atoms with E-state index in [-0.39, 0.29) is 0 Å². The molecule has 2 heterocycles. The van der Waals surface area contributed by atoms with Crippen LogP contribution < -0.4 is 5.32 Å². The van der Waals surface area contributed by atoms with Crippen LogP contribution in [-0.4, -0.2) is 15.0 Å². The fraction of sp³-hybridized carbons (Fsp3) is 0.0526. The number of benzene rings is 2. The number of hydrogen-bond acceptors (Lipinski definition) is 3. The summed E-state index contributed by atoms with van der Waals surface area (Å²) in [6.45, 7) is 2.07. The Morgan fingerprint density at radius 3 is 2.39 bits per heavy atom. The molecule has 0 aliphatic heterocycles. The SMILES string of the molecule is Cc1ccc2nc(Nc3ccc(-c4ccncc4)cc3)[nH]c2c1. The Morgan fingerprint density at radius 1 is 0.870 bits per heavy atom. The molecule has 4 rings (SSSR count). The Kier molecular flexibility index (Phi) is 3.27. The Balaban J connectivity index is 1.58. The van der Waals surface area contributed by atoms with E-state index >= 15 is 0 Å². The predicted octanol–water partition coefficient (Wildman–Crippen LogP) is 4.68. The summed E-state index contributed by atoms with van der Waals surface area (Å²) in [4.78, 5) is 11.9. The molecule has 0 aliphatic carbocycles. The molecule has 0 aliphatic rings. The minimum Gasteiger partial charge on any atom is -0.326 e. The lowest BCUT2D eigenvalue weighted by molar-refractivity contribution is 1.31. The molecular formula is C19H16N4. The lowest BCUT2D eigenvalue weighted by Crippen LogP contribution is -1.91. The quantitative estimate of drug-likeness (QED) is 0.577. The number of H-pyrrole nitrogens is 1. The van der Waals surface area contributed by atoms with Crippen molar-refractivity contribution in [3.8, 4) is 11.1 Å². The average Bonchev–Trinajstić information content (AvgIpc) is 2.97. The highest BCUT2D eigenvalue weighted by Crippen LogP contribution is 2.23. The summed E-state index contributed by atoms with van der Waals surface area (Å²) in [5.41, 5.74) is 6.55. The van der Waals surface area contributed by atoms with Gasteiger partial charge < -0.3 is 10.3 Å². The molecule has 0 saturated heterocycles. The summed E-state index contributed by atoms with van der Waals surface area (Å²) in [5, 5.41) is 3.31. The van der Waals surface area contributed by atoms with Gasteiger partial charge in [0.2, 0.25) is 5.95 Å². The van der Waals surface area contributed by atoms with Gasteiger partial charge in [0, 0.05) is 18.1 Å². The van der Waals surface area contributed by atoms with Crippen LogP contribution in [0, 0.1) is 6.92 Å². The first kappa shape index (κ1) is 13.5. The lowest BCUT2D eigenvalue weighted by atomic mass is 10.1. The molecule has 0 bridgehead atoms. The maximum absolute atomic E-state index is 4.55. The number of aromatic nitrogens is 3. The van der Waals surface area contributed by atoms with Crippen molar-refractivity contribution in [2.24, 2.45) is 0 Å². The number of anilines is 2. The van der Waals surface area contributed by atoms with E-state index < -0.39 is 0 Å². The predicted molar refractivity (Wildman–Crippen MR) is 93.8 cm³/mol. The van der Waals surface area contributed by atoms with Crippen molar-refractivity contribution in [1.29, 1.82) is 0 Å². The molecule has 4 heteroatoms. The van der Waals surface area contributed by atoms with Gasteiger partial charge in [-0.3, -0.25) is 4.98 Å². The molecule has 0 fully saturated rings. The smallest absolute Gasteiger partial charge is 0.205 e. The number of nitrogens with zero attached hydrogens (tertiary/aromatic N) is 2. The third kappa shape index (κ3) is 2.79. The fourth-order valence-corrected chi connectivity index (χ4v) is 2.61. The monoisotopic (exact) mass is 300 g/mol. The van der Waals surface area contributed by atoms with Crippen LogP contribution >= 0.6 is 0 Å². The Labute approximate surface area is 134 Å². The van der Waals surface area contributed by atoms with Gasteiger partial charge in [-0.15, -0.1) is 0 Å². The lowest BCUT2D eigenvalue weighted by Gasteiger charge is -2.05. The van der Waals surface area contributed by atoms with Gasteiger partial charge in [-0.25, -0.2) is 4.98 Å². The summed E-state index contributed by atoms with van der Waals surface area (Å²) in [5.74, 6) is 0.752. The molecule has 0 spiro atoms. The third-order valence-corrected chi connectivity index (χ3v) is 3.80. The van der Waals surface area contributed by atoms with Crippen LogP contribution in [0.25, 0.3) is 22.2 Å². The number of pyridine rings is 1. The van der Waals surface area contributed by atoms with Crippen molar-refractivity contribution < 1.29 is 0 Å². The van der Waals surface area contributed by atoms with Gasteiger partial charge in [0.15, 0.2) is 0 Å². The second-order valence-electron chi connectivity index (χ2n) is 5.54. The highest BCUT2D eigenvalue weighted by molar-refractivity contribution is 5.79. The molecule has 0 radical (unpaired) electrons. The zero-order valence-corrected chi connectivity index (χ0v) is 12.7. The molecule has 0 saturated carbocycles. The number of hydrogen-bond donors (Lipinski definition) is 2. The largest absolute Gasteiger partial charge is 0.326 e. The number of imidazole rings is 1. The normalized spacial score (nSPS) is 10.8. The molecule has 0 unspecified atom stereocenters. The molecule has 4 nitrogen and oxygen atoms in total. The van der Waals surface area contributed by atoms with E-state index in [0.29, 0.717) is 0 Å². The van der Waals surface area contributed by atoms with Gasteiger partial charge in [0.25, 0.3) is 0 Å². The van der Waals surface area contributed by atoms with Crippen LogP contribution in [0.3, 0.4) is 0 Å². The van der Waals surface area contributed by atoms with Crippen molar-refractivity contribution in [2.75, 3.05) is 5.32 Å². The Bertz CT molecular complexity index is 940. The van der Waals surface area contributed by atoms with Gasteiger partial charge >= 0.3 is 0 Å². The van der Waals surface area contributed by atoms with Crippen molar-refractivity contribution in [1.82, 2.24) is 15.0 Å². The second kappa shape index (κ2) is 5.57. The van der Waals surface area contributed by atoms with Crippen LogP contribution in [0.4, 0.5) is 11.6 Å². The van der Waals surface area contributed by atoms with Crippen molar-refractivity contribution in [2.45, 2.75) is 6.92 Å². The van der Waals surface area contributed by atoms with Crippen molar-refractivity contribution in [3.05, 3.63) is 72.6 Å². The fourth-order valence-electron chi connectivity index (χ4n) is 2.61. The average molecular weight is 300 g/mol. The van der Waals surface area contributed by atoms with Crippen LogP contribution in [0.1, 0.15) is 5.56 Å². The molecule has 4 aromatic rings. The third-order valence-electron chi connectivity index (χ3n) is 3.80. The van der Waals surface area contributed by atoms with Crippen LogP contribution in [0.15, 0.2) is 67.0 Å². The highest BCUT2D eigenvalue weighted by atomic mass is 15.1. The number of fused-ring (bicyclic) bond motifs is 1. The zero-order valence-electron chi connectivity index (χ0n) is 12.7. The zero-order chi connectivity index (χ0) is 15.6. The van der Waals surface area contributed by atoms with Gasteiger partial charge in [0.1, 0.15) is 0 Å². The minimum atomic E-state index is 0.752. The molecular weight excluding hydrogens is 284 g/mol.